The van der Waals surface area contributed by atoms with E-state index in [-0.39, 0.29) is 11.8 Å². The second-order valence-electron chi connectivity index (χ2n) is 7.98. The minimum atomic E-state index is -0.0278. The van der Waals surface area contributed by atoms with E-state index in [1.165, 1.54) is 38.5 Å². The van der Waals surface area contributed by atoms with E-state index in [1.54, 1.807) is 0 Å². The molecule has 1 heterocycles. The van der Waals surface area contributed by atoms with Crippen molar-refractivity contribution in [2.75, 3.05) is 18.4 Å². The average Bonchev–Trinajstić information content (AvgIpc) is 2.73. The topological polar surface area (TPSA) is 61.4 Å². The molecule has 0 unspecified atom stereocenters. The van der Waals surface area contributed by atoms with Gasteiger partial charge in [-0.05, 0) is 68.1 Å². The van der Waals surface area contributed by atoms with Crippen molar-refractivity contribution in [2.24, 2.45) is 5.92 Å². The zero-order valence-electron chi connectivity index (χ0n) is 16.5. The largest absolute Gasteiger partial charge is 0.339 e. The van der Waals surface area contributed by atoms with Gasteiger partial charge in [0.05, 0.1) is 0 Å². The number of carbonyl (C=O) groups excluding carboxylic acids is 2. The number of hydrogen-bond acceptors (Lipinski definition) is 3. The molecule has 1 aliphatic carbocycles. The van der Waals surface area contributed by atoms with Gasteiger partial charge in [0, 0.05) is 30.8 Å². The highest BCUT2D eigenvalue weighted by atomic mass is 32.1. The lowest BCUT2D eigenvalue weighted by Gasteiger charge is -2.26. The van der Waals surface area contributed by atoms with Gasteiger partial charge in [-0.15, -0.1) is 0 Å². The van der Waals surface area contributed by atoms with Crippen LogP contribution in [0.15, 0.2) is 24.3 Å². The van der Waals surface area contributed by atoms with Crippen molar-refractivity contribution in [3.8, 4) is 0 Å². The third-order valence-electron chi connectivity index (χ3n) is 5.79. The molecule has 0 atom stereocenters. The van der Waals surface area contributed by atoms with E-state index in [4.69, 9.17) is 12.2 Å². The molecular formula is C22H31N3O2S. The Hall–Kier alpha value is -1.95. The first-order valence-corrected chi connectivity index (χ1v) is 11.0. The summed E-state index contributed by atoms with van der Waals surface area (Å²) in [6.45, 7) is 1.69. The summed E-state index contributed by atoms with van der Waals surface area (Å²) in [7, 11) is 0. The van der Waals surface area contributed by atoms with Gasteiger partial charge in [-0.1, -0.05) is 32.1 Å². The quantitative estimate of drug-likeness (QED) is 0.714. The van der Waals surface area contributed by atoms with Crippen LogP contribution in [0.25, 0.3) is 0 Å². The summed E-state index contributed by atoms with van der Waals surface area (Å²) in [6, 6.07) is 7.29. The summed E-state index contributed by atoms with van der Waals surface area (Å²) in [4.78, 5) is 26.5. The fourth-order valence-corrected chi connectivity index (χ4v) is 4.37. The number of nitrogens with one attached hydrogen (secondary N) is 2. The first kappa shape index (κ1) is 20.8. The number of rotatable bonds is 5. The number of benzene rings is 1. The van der Waals surface area contributed by atoms with E-state index in [0.717, 1.165) is 38.0 Å². The van der Waals surface area contributed by atoms with Crippen molar-refractivity contribution in [1.29, 1.82) is 0 Å². The van der Waals surface area contributed by atoms with Gasteiger partial charge in [-0.2, -0.15) is 0 Å². The number of amides is 2. The second-order valence-corrected chi connectivity index (χ2v) is 8.38. The molecule has 6 heteroatoms. The monoisotopic (exact) mass is 401 g/mol. The smallest absolute Gasteiger partial charge is 0.253 e. The number of hydrogen-bond donors (Lipinski definition) is 2. The van der Waals surface area contributed by atoms with Gasteiger partial charge in [0.15, 0.2) is 5.11 Å². The van der Waals surface area contributed by atoms with Crippen LogP contribution in [0.1, 0.15) is 74.6 Å². The lowest BCUT2D eigenvalue weighted by Crippen LogP contribution is -2.35. The molecule has 0 radical (unpaired) electrons. The number of carbonyl (C=O) groups is 2. The molecule has 1 saturated heterocycles. The maximum atomic E-state index is 12.5. The first-order chi connectivity index (χ1) is 13.6. The Bertz CT molecular complexity index is 678. The second kappa shape index (κ2) is 10.6. The maximum absolute atomic E-state index is 12.5. The highest BCUT2D eigenvalue weighted by Gasteiger charge is 2.18. The van der Waals surface area contributed by atoms with Crippen molar-refractivity contribution in [3.05, 3.63) is 29.8 Å². The zero-order chi connectivity index (χ0) is 19.8. The lowest BCUT2D eigenvalue weighted by molar-refractivity contribution is -0.120. The molecule has 0 spiro atoms. The van der Waals surface area contributed by atoms with Crippen molar-refractivity contribution in [2.45, 2.75) is 64.2 Å². The van der Waals surface area contributed by atoms with Crippen LogP contribution in [0.5, 0.6) is 0 Å². The Kier molecular flexibility index (Phi) is 7.83. The van der Waals surface area contributed by atoms with Crippen LogP contribution in [0.2, 0.25) is 0 Å². The maximum Gasteiger partial charge on any atom is 0.253 e. The highest BCUT2D eigenvalue weighted by Crippen LogP contribution is 2.27. The molecule has 2 aliphatic rings. The highest BCUT2D eigenvalue weighted by molar-refractivity contribution is 7.80. The normalized spacial score (nSPS) is 17.8. The van der Waals surface area contributed by atoms with Gasteiger partial charge in [0.25, 0.3) is 5.91 Å². The molecule has 152 valence electrons. The van der Waals surface area contributed by atoms with Crippen molar-refractivity contribution < 1.29 is 9.59 Å². The zero-order valence-corrected chi connectivity index (χ0v) is 17.4. The van der Waals surface area contributed by atoms with Crippen LogP contribution in [-0.2, 0) is 4.79 Å². The van der Waals surface area contributed by atoms with Gasteiger partial charge in [-0.25, -0.2) is 0 Å². The summed E-state index contributed by atoms with van der Waals surface area (Å²) in [6.07, 6.45) is 11.3. The van der Waals surface area contributed by atoms with E-state index in [9.17, 15) is 9.59 Å². The predicted molar refractivity (Wildman–Crippen MR) is 116 cm³/mol. The van der Waals surface area contributed by atoms with Crippen LogP contribution < -0.4 is 10.6 Å². The van der Waals surface area contributed by atoms with E-state index < -0.39 is 0 Å². The third kappa shape index (κ3) is 6.30. The Morgan fingerprint density at radius 2 is 1.61 bits per heavy atom. The molecule has 2 amide bonds. The van der Waals surface area contributed by atoms with Crippen molar-refractivity contribution in [3.63, 3.8) is 0 Å². The molecule has 0 bridgehead atoms. The predicted octanol–water partition coefficient (Wildman–Crippen LogP) is 4.49. The molecule has 1 saturated carbocycles. The van der Waals surface area contributed by atoms with Crippen LogP contribution >= 0.6 is 12.2 Å². The van der Waals surface area contributed by atoms with Crippen LogP contribution in [-0.4, -0.2) is 34.9 Å². The summed E-state index contributed by atoms with van der Waals surface area (Å²) in [5.41, 5.74) is 1.46. The molecule has 5 nitrogen and oxygen atoms in total. The van der Waals surface area contributed by atoms with Gasteiger partial charge < -0.3 is 15.5 Å². The molecule has 3 rings (SSSR count). The Balaban J connectivity index is 1.42. The molecule has 2 fully saturated rings. The van der Waals surface area contributed by atoms with Crippen LogP contribution in [0.3, 0.4) is 0 Å². The fraction of sp³-hybridized carbons (Fsp3) is 0.591. The Morgan fingerprint density at radius 3 is 2.29 bits per heavy atom. The van der Waals surface area contributed by atoms with Gasteiger partial charge in [0.1, 0.15) is 0 Å². The standard InChI is InChI=1S/C22H31N3O2S/c26-20(14-9-17-7-3-1-4-8-17)24-22(28)23-19-12-10-18(11-13-19)21(27)25-15-5-2-6-16-25/h10-13,17H,1-9,14-16H2,(H2,23,24,26,28). The van der Waals surface area contributed by atoms with E-state index in [2.05, 4.69) is 10.6 Å². The Labute approximate surface area is 173 Å². The van der Waals surface area contributed by atoms with Crippen molar-refractivity contribution >= 4 is 34.8 Å². The summed E-state index contributed by atoms with van der Waals surface area (Å²) >= 11 is 5.25. The molecule has 28 heavy (non-hydrogen) atoms. The molecule has 1 aliphatic heterocycles. The minimum absolute atomic E-state index is 0.0278. The van der Waals surface area contributed by atoms with E-state index in [1.807, 2.05) is 29.2 Å². The molecule has 1 aromatic carbocycles. The first-order valence-electron chi connectivity index (χ1n) is 10.6. The van der Waals surface area contributed by atoms with Gasteiger partial charge in [-0.3, -0.25) is 9.59 Å². The van der Waals surface area contributed by atoms with E-state index in [0.29, 0.717) is 23.0 Å². The van der Waals surface area contributed by atoms with Crippen molar-refractivity contribution in [1.82, 2.24) is 10.2 Å². The summed E-state index contributed by atoms with van der Waals surface area (Å²) < 4.78 is 0. The number of likely N-dealkylation sites (tertiary alicyclic amines) is 1. The van der Waals surface area contributed by atoms with Gasteiger partial charge in [0.2, 0.25) is 5.91 Å². The number of anilines is 1. The summed E-state index contributed by atoms with van der Waals surface area (Å²) in [5, 5.41) is 6.10. The molecular weight excluding hydrogens is 370 g/mol. The molecule has 1 aromatic rings. The number of piperidine rings is 1. The number of nitrogens with zero attached hydrogens (tertiary/aromatic N) is 1. The van der Waals surface area contributed by atoms with Gasteiger partial charge >= 0.3 is 0 Å². The SMILES string of the molecule is O=C(CCC1CCCCC1)NC(=S)Nc1ccc(C(=O)N2CCCCC2)cc1. The van der Waals surface area contributed by atoms with Crippen LogP contribution in [0, 0.1) is 5.92 Å². The summed E-state index contributed by atoms with van der Waals surface area (Å²) in [5.74, 6) is 0.746. The fourth-order valence-electron chi connectivity index (χ4n) is 4.14. The van der Waals surface area contributed by atoms with E-state index >= 15 is 0 Å². The lowest BCUT2D eigenvalue weighted by atomic mass is 9.86. The Morgan fingerprint density at radius 1 is 0.964 bits per heavy atom. The number of thiocarbonyl (C=S) groups is 1. The minimum Gasteiger partial charge on any atom is -0.339 e. The molecule has 2 N–H and O–H groups in total. The molecule has 0 aromatic heterocycles. The third-order valence-corrected chi connectivity index (χ3v) is 5.99. The van der Waals surface area contributed by atoms with Crippen LogP contribution in [0.4, 0.5) is 5.69 Å². The average molecular weight is 402 g/mol.